The van der Waals surface area contributed by atoms with Crippen LogP contribution >= 0.6 is 0 Å². The highest BCUT2D eigenvalue weighted by Gasteiger charge is 2.32. The molecule has 1 saturated heterocycles. The van der Waals surface area contributed by atoms with Crippen LogP contribution in [0.3, 0.4) is 0 Å². The lowest BCUT2D eigenvalue weighted by atomic mass is 10.0. The average Bonchev–Trinajstić information content (AvgIpc) is 2.94. The van der Waals surface area contributed by atoms with Gasteiger partial charge in [-0.25, -0.2) is 0 Å². The molecular formula is C17H26N2. The third-order valence-electron chi connectivity index (χ3n) is 4.78. The molecule has 0 radical (unpaired) electrons. The molecule has 19 heavy (non-hydrogen) atoms. The number of rotatable bonds is 3. The van der Waals surface area contributed by atoms with E-state index < -0.39 is 0 Å². The first kappa shape index (κ1) is 13.1. The van der Waals surface area contributed by atoms with Crippen LogP contribution in [0.4, 0.5) is 0 Å². The van der Waals surface area contributed by atoms with Gasteiger partial charge < -0.3 is 5.32 Å². The smallest absolute Gasteiger partial charge is 0.0238 e. The molecule has 1 unspecified atom stereocenters. The van der Waals surface area contributed by atoms with E-state index in [4.69, 9.17) is 0 Å². The van der Waals surface area contributed by atoms with Crippen molar-refractivity contribution in [1.82, 2.24) is 10.2 Å². The Labute approximate surface area is 117 Å². The quantitative estimate of drug-likeness (QED) is 0.897. The maximum atomic E-state index is 3.61. The fourth-order valence-corrected chi connectivity index (χ4v) is 3.58. The molecule has 104 valence electrons. The van der Waals surface area contributed by atoms with Crippen LogP contribution in [0.2, 0.25) is 0 Å². The zero-order chi connectivity index (χ0) is 13.5. The Balaban J connectivity index is 1.65. The summed E-state index contributed by atoms with van der Waals surface area (Å²) in [5, 5.41) is 3.61. The number of fused-ring (bicyclic) bond motifs is 1. The maximum absolute atomic E-state index is 3.61. The molecule has 1 heterocycles. The number of aryl methyl sites for hydroxylation is 2. The van der Waals surface area contributed by atoms with Crippen LogP contribution in [0.25, 0.3) is 0 Å². The summed E-state index contributed by atoms with van der Waals surface area (Å²) in [5.74, 6) is 0. The van der Waals surface area contributed by atoms with Gasteiger partial charge in [-0.2, -0.15) is 0 Å². The molecule has 2 heteroatoms. The third-order valence-corrected chi connectivity index (χ3v) is 4.78. The molecule has 0 saturated carbocycles. The van der Waals surface area contributed by atoms with Crippen LogP contribution in [0, 0.1) is 0 Å². The lowest BCUT2D eigenvalue weighted by Crippen LogP contribution is -2.32. The third kappa shape index (κ3) is 2.85. The van der Waals surface area contributed by atoms with E-state index >= 15 is 0 Å². The van der Waals surface area contributed by atoms with Gasteiger partial charge >= 0.3 is 0 Å². The molecule has 0 spiro atoms. The molecule has 0 aromatic heterocycles. The van der Waals surface area contributed by atoms with E-state index in [-0.39, 0.29) is 0 Å². The van der Waals surface area contributed by atoms with Crippen molar-refractivity contribution >= 4 is 0 Å². The Bertz CT molecular complexity index is 464. The molecule has 1 aromatic carbocycles. The highest BCUT2D eigenvalue weighted by Crippen LogP contribution is 2.25. The van der Waals surface area contributed by atoms with Crippen molar-refractivity contribution in [2.24, 2.45) is 0 Å². The van der Waals surface area contributed by atoms with Gasteiger partial charge in [0.2, 0.25) is 0 Å². The second-order valence-electron chi connectivity index (χ2n) is 6.99. The fourth-order valence-electron chi connectivity index (χ4n) is 3.58. The summed E-state index contributed by atoms with van der Waals surface area (Å²) in [6.07, 6.45) is 5.15. The predicted molar refractivity (Wildman–Crippen MR) is 80.4 cm³/mol. The normalized spacial score (nSPS) is 24.9. The number of likely N-dealkylation sites (N-methyl/N-ethyl adjacent to an activating group) is 1. The van der Waals surface area contributed by atoms with Crippen molar-refractivity contribution in [3.05, 3.63) is 34.9 Å². The van der Waals surface area contributed by atoms with Crippen molar-refractivity contribution < 1.29 is 0 Å². The largest absolute Gasteiger partial charge is 0.310 e. The molecule has 3 rings (SSSR count). The molecule has 2 nitrogen and oxygen atoms in total. The Morgan fingerprint density at radius 3 is 2.79 bits per heavy atom. The molecule has 1 aliphatic carbocycles. The number of nitrogens with one attached hydrogen (secondary N) is 1. The van der Waals surface area contributed by atoms with Crippen molar-refractivity contribution in [2.45, 2.75) is 57.7 Å². The molecule has 1 aliphatic heterocycles. The first-order valence-electron chi connectivity index (χ1n) is 7.59. The van der Waals surface area contributed by atoms with Gasteiger partial charge in [-0.05, 0) is 63.3 Å². The summed E-state index contributed by atoms with van der Waals surface area (Å²) in [7, 11) is 2.26. The van der Waals surface area contributed by atoms with E-state index in [1.165, 1.54) is 31.2 Å². The monoisotopic (exact) mass is 258 g/mol. The van der Waals surface area contributed by atoms with E-state index in [0.717, 1.165) is 13.1 Å². The van der Waals surface area contributed by atoms with Crippen LogP contribution in [-0.2, 0) is 19.4 Å². The summed E-state index contributed by atoms with van der Waals surface area (Å²) in [4.78, 5) is 2.51. The minimum absolute atomic E-state index is 0.302. The summed E-state index contributed by atoms with van der Waals surface area (Å²) >= 11 is 0. The maximum Gasteiger partial charge on any atom is 0.0238 e. The second kappa shape index (κ2) is 4.92. The Kier molecular flexibility index (Phi) is 3.40. The molecule has 0 amide bonds. The molecule has 1 atom stereocenters. The van der Waals surface area contributed by atoms with Gasteiger partial charge in [0, 0.05) is 24.7 Å². The molecular weight excluding hydrogens is 232 g/mol. The number of benzene rings is 1. The van der Waals surface area contributed by atoms with Gasteiger partial charge in [0.05, 0.1) is 0 Å². The van der Waals surface area contributed by atoms with Gasteiger partial charge in [0.25, 0.3) is 0 Å². The predicted octanol–water partition coefficient (Wildman–Crippen LogP) is 2.75. The van der Waals surface area contributed by atoms with Crippen LogP contribution in [0.5, 0.6) is 0 Å². The van der Waals surface area contributed by atoms with Crippen molar-refractivity contribution in [1.29, 1.82) is 0 Å². The Morgan fingerprint density at radius 1 is 1.26 bits per heavy atom. The molecule has 1 aromatic rings. The first-order valence-corrected chi connectivity index (χ1v) is 7.59. The SMILES string of the molecule is CN(Cc1ccc2c(c1)CCC2)C1CNC(C)(C)C1. The number of hydrogen-bond acceptors (Lipinski definition) is 2. The minimum atomic E-state index is 0.302. The lowest BCUT2D eigenvalue weighted by molar-refractivity contribution is 0.240. The summed E-state index contributed by atoms with van der Waals surface area (Å²) in [6, 6.07) is 7.78. The summed E-state index contributed by atoms with van der Waals surface area (Å²) < 4.78 is 0. The van der Waals surface area contributed by atoms with Crippen LogP contribution < -0.4 is 5.32 Å². The summed E-state index contributed by atoms with van der Waals surface area (Å²) in [6.45, 7) is 6.80. The van der Waals surface area contributed by atoms with E-state index in [9.17, 15) is 0 Å². The molecule has 2 aliphatic rings. The molecule has 1 N–H and O–H groups in total. The van der Waals surface area contributed by atoms with Gasteiger partial charge in [-0.15, -0.1) is 0 Å². The van der Waals surface area contributed by atoms with Crippen molar-refractivity contribution in [3.8, 4) is 0 Å². The molecule has 0 bridgehead atoms. The Morgan fingerprint density at radius 2 is 2.05 bits per heavy atom. The van der Waals surface area contributed by atoms with E-state index in [1.807, 2.05) is 0 Å². The minimum Gasteiger partial charge on any atom is -0.310 e. The van der Waals surface area contributed by atoms with Crippen molar-refractivity contribution in [2.75, 3.05) is 13.6 Å². The van der Waals surface area contributed by atoms with Gasteiger partial charge in [-0.1, -0.05) is 18.2 Å². The van der Waals surface area contributed by atoms with Gasteiger partial charge in [0.15, 0.2) is 0 Å². The zero-order valence-corrected chi connectivity index (χ0v) is 12.5. The van der Waals surface area contributed by atoms with E-state index in [0.29, 0.717) is 11.6 Å². The van der Waals surface area contributed by atoms with Gasteiger partial charge in [0.1, 0.15) is 0 Å². The first-order chi connectivity index (χ1) is 9.03. The highest BCUT2D eigenvalue weighted by atomic mass is 15.2. The van der Waals surface area contributed by atoms with Crippen molar-refractivity contribution in [3.63, 3.8) is 0 Å². The standard InChI is InChI=1S/C17H26N2/c1-17(2)10-16(11-18-17)19(3)12-13-7-8-14-5-4-6-15(14)9-13/h7-9,16,18H,4-6,10-12H2,1-3H3. The van der Waals surface area contributed by atoms with Crippen LogP contribution in [0.1, 0.15) is 43.4 Å². The van der Waals surface area contributed by atoms with Crippen LogP contribution in [0.15, 0.2) is 18.2 Å². The number of nitrogens with zero attached hydrogens (tertiary/aromatic N) is 1. The lowest BCUT2D eigenvalue weighted by Gasteiger charge is -2.25. The topological polar surface area (TPSA) is 15.3 Å². The van der Waals surface area contributed by atoms with E-state index in [2.05, 4.69) is 49.3 Å². The second-order valence-corrected chi connectivity index (χ2v) is 6.99. The number of hydrogen-bond donors (Lipinski definition) is 1. The Hall–Kier alpha value is -0.860. The summed E-state index contributed by atoms with van der Waals surface area (Å²) in [5.41, 5.74) is 4.95. The highest BCUT2D eigenvalue weighted by molar-refractivity contribution is 5.35. The van der Waals surface area contributed by atoms with Crippen LogP contribution in [-0.4, -0.2) is 30.1 Å². The zero-order valence-electron chi connectivity index (χ0n) is 12.5. The average molecular weight is 258 g/mol. The van der Waals surface area contributed by atoms with Gasteiger partial charge in [-0.3, -0.25) is 4.90 Å². The fraction of sp³-hybridized carbons (Fsp3) is 0.647. The molecule has 1 fully saturated rings. The van der Waals surface area contributed by atoms with E-state index in [1.54, 1.807) is 11.1 Å².